The summed E-state index contributed by atoms with van der Waals surface area (Å²) in [4.78, 5) is 21.9. The summed E-state index contributed by atoms with van der Waals surface area (Å²) in [6.45, 7) is 0.384. The summed E-state index contributed by atoms with van der Waals surface area (Å²) in [6, 6.07) is 14.6. The standard InChI is InChI=1S/C21H20N4O4S/c1-28-15-9-7-14(8-10-15)19-23-18(29-24-19)13-30-21-22-17-6-3-2-5-16(17)20(27)25(21)11-4-12-26/h2-3,5-10,26H,4,11-13H2,1H3. The van der Waals surface area contributed by atoms with E-state index >= 15 is 0 Å². The third-order valence-electron chi connectivity index (χ3n) is 4.51. The number of benzene rings is 2. The zero-order chi connectivity index (χ0) is 20.9. The lowest BCUT2D eigenvalue weighted by Gasteiger charge is -2.11. The second-order valence-electron chi connectivity index (χ2n) is 6.47. The highest BCUT2D eigenvalue weighted by molar-refractivity contribution is 7.98. The topological polar surface area (TPSA) is 103 Å². The third kappa shape index (κ3) is 4.22. The minimum Gasteiger partial charge on any atom is -0.497 e. The smallest absolute Gasteiger partial charge is 0.262 e. The number of methoxy groups -OCH3 is 1. The molecule has 0 bridgehead atoms. The van der Waals surface area contributed by atoms with Gasteiger partial charge in [0, 0.05) is 18.7 Å². The van der Waals surface area contributed by atoms with Crippen LogP contribution in [0.1, 0.15) is 12.3 Å². The van der Waals surface area contributed by atoms with Crippen LogP contribution in [0.4, 0.5) is 0 Å². The Morgan fingerprint density at radius 3 is 2.70 bits per heavy atom. The molecule has 4 aromatic rings. The van der Waals surface area contributed by atoms with Gasteiger partial charge in [0.1, 0.15) is 5.75 Å². The number of ether oxygens (including phenoxy) is 1. The molecule has 30 heavy (non-hydrogen) atoms. The number of aromatic nitrogens is 4. The van der Waals surface area contributed by atoms with Gasteiger partial charge in [-0.3, -0.25) is 9.36 Å². The van der Waals surface area contributed by atoms with Crippen molar-refractivity contribution in [1.82, 2.24) is 19.7 Å². The van der Waals surface area contributed by atoms with Crippen molar-refractivity contribution in [3.05, 3.63) is 64.8 Å². The summed E-state index contributed by atoms with van der Waals surface area (Å²) in [5, 5.41) is 14.3. The molecule has 0 unspecified atom stereocenters. The van der Waals surface area contributed by atoms with Crippen LogP contribution in [0.25, 0.3) is 22.3 Å². The SMILES string of the molecule is COc1ccc(-c2noc(CSc3nc4ccccc4c(=O)n3CCCO)n2)cc1. The summed E-state index contributed by atoms with van der Waals surface area (Å²) in [7, 11) is 1.61. The maximum Gasteiger partial charge on any atom is 0.262 e. The predicted molar refractivity (Wildman–Crippen MR) is 114 cm³/mol. The first-order chi connectivity index (χ1) is 14.7. The zero-order valence-corrected chi connectivity index (χ0v) is 17.1. The van der Waals surface area contributed by atoms with E-state index in [0.29, 0.717) is 46.5 Å². The van der Waals surface area contributed by atoms with E-state index in [1.807, 2.05) is 42.5 Å². The average Bonchev–Trinajstić information content (AvgIpc) is 3.26. The van der Waals surface area contributed by atoms with Gasteiger partial charge in [0.05, 0.1) is 23.8 Å². The van der Waals surface area contributed by atoms with E-state index in [2.05, 4.69) is 15.1 Å². The molecule has 0 radical (unpaired) electrons. The van der Waals surface area contributed by atoms with Crippen LogP contribution in [0.15, 0.2) is 63.0 Å². The van der Waals surface area contributed by atoms with E-state index in [0.717, 1.165) is 11.3 Å². The molecule has 9 heteroatoms. The Labute approximate surface area is 176 Å². The molecular formula is C21H20N4O4S. The molecule has 0 atom stereocenters. The van der Waals surface area contributed by atoms with Crippen LogP contribution in [0.2, 0.25) is 0 Å². The van der Waals surface area contributed by atoms with Gasteiger partial charge < -0.3 is 14.4 Å². The van der Waals surface area contributed by atoms with Crippen molar-refractivity contribution >= 4 is 22.7 Å². The quantitative estimate of drug-likeness (QED) is 0.340. The van der Waals surface area contributed by atoms with Crippen LogP contribution in [0.3, 0.4) is 0 Å². The molecule has 2 heterocycles. The maximum atomic E-state index is 12.9. The summed E-state index contributed by atoms with van der Waals surface area (Å²) in [5.41, 5.74) is 1.33. The number of hydrogen-bond donors (Lipinski definition) is 1. The normalized spacial score (nSPS) is 11.1. The Kier molecular flexibility index (Phi) is 6.10. The number of thioether (sulfide) groups is 1. The number of aliphatic hydroxyl groups excluding tert-OH is 1. The minimum atomic E-state index is -0.124. The molecule has 0 aliphatic rings. The van der Waals surface area contributed by atoms with Gasteiger partial charge in [-0.15, -0.1) is 0 Å². The van der Waals surface area contributed by atoms with Crippen LogP contribution < -0.4 is 10.3 Å². The number of nitrogens with zero attached hydrogens (tertiary/aromatic N) is 4. The van der Waals surface area contributed by atoms with Crippen molar-refractivity contribution in [3.63, 3.8) is 0 Å². The minimum absolute atomic E-state index is 0.00173. The number of rotatable bonds is 8. The number of fused-ring (bicyclic) bond motifs is 1. The first-order valence-corrected chi connectivity index (χ1v) is 10.4. The molecule has 0 saturated carbocycles. The van der Waals surface area contributed by atoms with Crippen LogP contribution in [-0.4, -0.2) is 38.5 Å². The van der Waals surface area contributed by atoms with E-state index in [1.165, 1.54) is 11.8 Å². The monoisotopic (exact) mass is 424 g/mol. The Bertz CT molecular complexity index is 1200. The van der Waals surface area contributed by atoms with Crippen LogP contribution in [0, 0.1) is 0 Å². The van der Waals surface area contributed by atoms with Crippen molar-refractivity contribution < 1.29 is 14.4 Å². The fourth-order valence-electron chi connectivity index (χ4n) is 2.98. The second-order valence-corrected chi connectivity index (χ2v) is 7.42. The summed E-state index contributed by atoms with van der Waals surface area (Å²) < 4.78 is 12.1. The van der Waals surface area contributed by atoms with E-state index < -0.39 is 0 Å². The van der Waals surface area contributed by atoms with E-state index in [1.54, 1.807) is 17.7 Å². The largest absolute Gasteiger partial charge is 0.497 e. The molecule has 0 amide bonds. The highest BCUT2D eigenvalue weighted by Crippen LogP contribution is 2.24. The zero-order valence-electron chi connectivity index (χ0n) is 16.3. The van der Waals surface area contributed by atoms with Gasteiger partial charge in [0.25, 0.3) is 5.56 Å². The molecule has 4 rings (SSSR count). The Morgan fingerprint density at radius 1 is 1.13 bits per heavy atom. The van der Waals surface area contributed by atoms with Gasteiger partial charge in [-0.25, -0.2) is 4.98 Å². The average molecular weight is 424 g/mol. The first-order valence-electron chi connectivity index (χ1n) is 9.40. The Morgan fingerprint density at radius 2 is 1.93 bits per heavy atom. The summed E-state index contributed by atoms with van der Waals surface area (Å²) >= 11 is 1.35. The first kappa shape index (κ1) is 20.1. The fraction of sp³-hybridized carbons (Fsp3) is 0.238. The van der Waals surface area contributed by atoms with Crippen molar-refractivity contribution in [2.45, 2.75) is 23.9 Å². The third-order valence-corrected chi connectivity index (χ3v) is 5.47. The lowest BCUT2D eigenvalue weighted by Crippen LogP contribution is -2.24. The van der Waals surface area contributed by atoms with Crippen molar-refractivity contribution in [2.24, 2.45) is 0 Å². The van der Waals surface area contributed by atoms with Crippen molar-refractivity contribution in [2.75, 3.05) is 13.7 Å². The lowest BCUT2D eigenvalue weighted by atomic mass is 10.2. The molecule has 154 valence electrons. The molecule has 0 saturated heterocycles. The van der Waals surface area contributed by atoms with E-state index in [-0.39, 0.29) is 12.2 Å². The molecule has 0 aliphatic heterocycles. The number of para-hydroxylation sites is 1. The van der Waals surface area contributed by atoms with Gasteiger partial charge in [-0.1, -0.05) is 29.1 Å². The lowest BCUT2D eigenvalue weighted by molar-refractivity contribution is 0.276. The fourth-order valence-corrected chi connectivity index (χ4v) is 3.84. The maximum absolute atomic E-state index is 12.9. The van der Waals surface area contributed by atoms with Crippen molar-refractivity contribution in [1.29, 1.82) is 0 Å². The second kappa shape index (κ2) is 9.10. The van der Waals surface area contributed by atoms with Crippen LogP contribution in [0.5, 0.6) is 5.75 Å². The molecule has 2 aromatic heterocycles. The van der Waals surface area contributed by atoms with Gasteiger partial charge >= 0.3 is 0 Å². The molecule has 8 nitrogen and oxygen atoms in total. The Balaban J connectivity index is 1.57. The van der Waals surface area contributed by atoms with Gasteiger partial charge in [-0.05, 0) is 42.8 Å². The summed E-state index contributed by atoms with van der Waals surface area (Å²) in [6.07, 6.45) is 0.468. The molecule has 1 N–H and O–H groups in total. The van der Waals surface area contributed by atoms with Crippen molar-refractivity contribution in [3.8, 4) is 17.1 Å². The van der Waals surface area contributed by atoms with Gasteiger partial charge in [0.2, 0.25) is 11.7 Å². The highest BCUT2D eigenvalue weighted by atomic mass is 32.2. The van der Waals surface area contributed by atoms with Crippen LogP contribution in [-0.2, 0) is 12.3 Å². The Hall–Kier alpha value is -3.17. The van der Waals surface area contributed by atoms with E-state index in [9.17, 15) is 9.90 Å². The molecule has 0 aliphatic carbocycles. The number of aliphatic hydroxyl groups is 1. The van der Waals surface area contributed by atoms with Gasteiger partial charge in [0.15, 0.2) is 5.16 Å². The highest BCUT2D eigenvalue weighted by Gasteiger charge is 2.14. The number of hydrogen-bond acceptors (Lipinski definition) is 8. The van der Waals surface area contributed by atoms with E-state index in [4.69, 9.17) is 9.26 Å². The van der Waals surface area contributed by atoms with Crippen LogP contribution >= 0.6 is 11.8 Å². The molecule has 0 spiro atoms. The van der Waals surface area contributed by atoms with Gasteiger partial charge in [-0.2, -0.15) is 4.98 Å². The predicted octanol–water partition coefficient (Wildman–Crippen LogP) is 3.13. The summed E-state index contributed by atoms with van der Waals surface area (Å²) in [5.74, 6) is 2.04. The molecule has 2 aromatic carbocycles. The molecule has 0 fully saturated rings. The molecular weight excluding hydrogens is 404 g/mol.